The van der Waals surface area contributed by atoms with E-state index in [1.54, 1.807) is 6.07 Å². The molecular formula is C26H28F3N3O3. The van der Waals surface area contributed by atoms with Crippen molar-refractivity contribution in [1.29, 1.82) is 0 Å². The molecule has 1 fully saturated rings. The number of nitrogens with zero attached hydrogens (tertiary/aromatic N) is 2. The first-order valence-corrected chi connectivity index (χ1v) is 11.6. The number of hydrogen-bond donors (Lipinski definition) is 1. The first-order chi connectivity index (χ1) is 16.8. The average molecular weight is 488 g/mol. The minimum absolute atomic E-state index is 0.0139. The van der Waals surface area contributed by atoms with Crippen molar-refractivity contribution in [2.45, 2.75) is 51.2 Å². The standard InChI is InChI=1S/C26H28F3N3O3/c1-18(20-8-3-2-4-9-20)32(15-19-7-5-10-21(13-19)26(27,28)29)16-24-31-23(17-35-24)25(33)30-14-22-11-6-12-34-22/h2-5,7-10,13,17-18,22H,6,11-12,14-16H2,1H3,(H,30,33). The number of amides is 1. The molecule has 1 N–H and O–H groups in total. The molecule has 9 heteroatoms. The van der Waals surface area contributed by atoms with Crippen molar-refractivity contribution in [3.8, 4) is 0 Å². The van der Waals surface area contributed by atoms with Gasteiger partial charge >= 0.3 is 6.18 Å². The highest BCUT2D eigenvalue weighted by Gasteiger charge is 2.30. The Labute approximate surface area is 202 Å². The summed E-state index contributed by atoms with van der Waals surface area (Å²) in [6.07, 6.45) is -1.21. The molecule has 1 aromatic heterocycles. The molecule has 2 aromatic carbocycles. The zero-order valence-corrected chi connectivity index (χ0v) is 19.4. The normalized spacial score (nSPS) is 17.0. The van der Waals surface area contributed by atoms with Crippen LogP contribution in [0, 0.1) is 0 Å². The van der Waals surface area contributed by atoms with Crippen LogP contribution in [0.5, 0.6) is 0 Å². The van der Waals surface area contributed by atoms with Crippen LogP contribution in [0.3, 0.4) is 0 Å². The highest BCUT2D eigenvalue weighted by Crippen LogP contribution is 2.31. The maximum absolute atomic E-state index is 13.2. The van der Waals surface area contributed by atoms with Crippen molar-refractivity contribution in [3.05, 3.63) is 89.1 Å². The van der Waals surface area contributed by atoms with Crippen LogP contribution in [0.2, 0.25) is 0 Å². The summed E-state index contributed by atoms with van der Waals surface area (Å²) in [6, 6.07) is 14.8. The fourth-order valence-corrected chi connectivity index (χ4v) is 4.12. The fourth-order valence-electron chi connectivity index (χ4n) is 4.12. The van der Waals surface area contributed by atoms with Gasteiger partial charge in [0, 0.05) is 25.7 Å². The molecule has 0 aliphatic carbocycles. The minimum atomic E-state index is -4.42. The highest BCUT2D eigenvalue weighted by molar-refractivity contribution is 5.91. The number of alkyl halides is 3. The van der Waals surface area contributed by atoms with Gasteiger partial charge in [0.25, 0.3) is 5.91 Å². The molecule has 2 heterocycles. The number of ether oxygens (including phenoxy) is 1. The van der Waals surface area contributed by atoms with Crippen molar-refractivity contribution >= 4 is 5.91 Å². The maximum Gasteiger partial charge on any atom is 0.416 e. The molecule has 186 valence electrons. The van der Waals surface area contributed by atoms with Gasteiger partial charge in [0.15, 0.2) is 5.69 Å². The lowest BCUT2D eigenvalue weighted by molar-refractivity contribution is -0.137. The second kappa shape index (κ2) is 11.0. The summed E-state index contributed by atoms with van der Waals surface area (Å²) in [6.45, 7) is 3.54. The predicted octanol–water partition coefficient (Wildman–Crippen LogP) is 5.37. The molecule has 0 saturated carbocycles. The lowest BCUT2D eigenvalue weighted by atomic mass is 10.0. The van der Waals surface area contributed by atoms with E-state index in [9.17, 15) is 18.0 Å². The molecule has 0 spiro atoms. The number of benzene rings is 2. The van der Waals surface area contributed by atoms with Crippen molar-refractivity contribution in [1.82, 2.24) is 15.2 Å². The number of hydrogen-bond acceptors (Lipinski definition) is 5. The van der Waals surface area contributed by atoms with Crippen LogP contribution in [0.15, 0.2) is 65.3 Å². The van der Waals surface area contributed by atoms with E-state index in [1.165, 1.54) is 12.3 Å². The Bertz CT molecular complexity index is 1110. The van der Waals surface area contributed by atoms with Crippen molar-refractivity contribution < 1.29 is 27.1 Å². The Kier molecular flexibility index (Phi) is 7.87. The van der Waals surface area contributed by atoms with Gasteiger partial charge in [-0.3, -0.25) is 9.69 Å². The van der Waals surface area contributed by atoms with Gasteiger partial charge < -0.3 is 14.5 Å². The summed E-state index contributed by atoms with van der Waals surface area (Å²) in [5, 5.41) is 2.81. The zero-order chi connectivity index (χ0) is 24.8. The van der Waals surface area contributed by atoms with E-state index in [-0.39, 0.29) is 36.8 Å². The SMILES string of the molecule is CC(c1ccccc1)N(Cc1cccc(C(F)(F)F)c1)Cc1nc(C(=O)NCC2CCCO2)co1. The molecule has 1 aliphatic heterocycles. The maximum atomic E-state index is 13.2. The van der Waals surface area contributed by atoms with Crippen molar-refractivity contribution in [2.75, 3.05) is 13.2 Å². The Morgan fingerprint density at radius 2 is 1.97 bits per heavy atom. The Balaban J connectivity index is 1.49. The molecule has 2 unspecified atom stereocenters. The van der Waals surface area contributed by atoms with Crippen LogP contribution >= 0.6 is 0 Å². The third-order valence-electron chi connectivity index (χ3n) is 6.11. The lowest BCUT2D eigenvalue weighted by Crippen LogP contribution is -2.32. The molecule has 35 heavy (non-hydrogen) atoms. The fraction of sp³-hybridized carbons (Fsp3) is 0.385. The zero-order valence-electron chi connectivity index (χ0n) is 19.4. The molecule has 1 saturated heterocycles. The number of rotatable bonds is 9. The highest BCUT2D eigenvalue weighted by atomic mass is 19.4. The third-order valence-corrected chi connectivity index (χ3v) is 6.11. The van der Waals surface area contributed by atoms with Gasteiger partial charge in [-0.2, -0.15) is 13.2 Å². The van der Waals surface area contributed by atoms with E-state index in [4.69, 9.17) is 9.15 Å². The van der Waals surface area contributed by atoms with Crippen LogP contribution in [-0.4, -0.2) is 35.0 Å². The summed E-state index contributed by atoms with van der Waals surface area (Å²) in [7, 11) is 0. The lowest BCUT2D eigenvalue weighted by Gasteiger charge is -2.28. The molecule has 1 aliphatic rings. The van der Waals surface area contributed by atoms with E-state index in [0.717, 1.165) is 30.5 Å². The Morgan fingerprint density at radius 1 is 1.17 bits per heavy atom. The predicted molar refractivity (Wildman–Crippen MR) is 123 cm³/mol. The number of oxazole rings is 1. The summed E-state index contributed by atoms with van der Waals surface area (Å²) in [5.41, 5.74) is 0.984. The molecule has 3 aromatic rings. The quantitative estimate of drug-likeness (QED) is 0.440. The van der Waals surface area contributed by atoms with Crippen LogP contribution in [0.25, 0.3) is 0 Å². The number of halogens is 3. The van der Waals surface area contributed by atoms with E-state index < -0.39 is 11.7 Å². The van der Waals surface area contributed by atoms with E-state index >= 15 is 0 Å². The van der Waals surface area contributed by atoms with Crippen LogP contribution < -0.4 is 5.32 Å². The van der Waals surface area contributed by atoms with Gasteiger partial charge in [-0.15, -0.1) is 0 Å². The molecule has 1 amide bonds. The first kappa shape index (κ1) is 24.9. The Morgan fingerprint density at radius 3 is 2.69 bits per heavy atom. The van der Waals surface area contributed by atoms with Gasteiger partial charge in [0.1, 0.15) is 6.26 Å². The van der Waals surface area contributed by atoms with Crippen LogP contribution in [0.1, 0.15) is 58.9 Å². The van der Waals surface area contributed by atoms with Gasteiger partial charge in [0.05, 0.1) is 18.2 Å². The smallest absolute Gasteiger partial charge is 0.416 e. The number of aromatic nitrogens is 1. The van der Waals surface area contributed by atoms with E-state index in [1.807, 2.05) is 42.2 Å². The van der Waals surface area contributed by atoms with Crippen LogP contribution in [-0.2, 0) is 24.0 Å². The summed E-state index contributed by atoms with van der Waals surface area (Å²) < 4.78 is 50.8. The summed E-state index contributed by atoms with van der Waals surface area (Å²) in [4.78, 5) is 18.8. The van der Waals surface area contributed by atoms with E-state index in [0.29, 0.717) is 24.6 Å². The van der Waals surface area contributed by atoms with Crippen LogP contribution in [0.4, 0.5) is 13.2 Å². The first-order valence-electron chi connectivity index (χ1n) is 11.6. The summed E-state index contributed by atoms with van der Waals surface area (Å²) in [5.74, 6) is -0.0435. The number of carbonyl (C=O) groups is 1. The topological polar surface area (TPSA) is 67.6 Å². The summed E-state index contributed by atoms with van der Waals surface area (Å²) >= 11 is 0. The minimum Gasteiger partial charge on any atom is -0.447 e. The van der Waals surface area contributed by atoms with Crippen molar-refractivity contribution in [2.24, 2.45) is 0 Å². The Hall–Kier alpha value is -3.17. The molecule has 4 rings (SSSR count). The third kappa shape index (κ3) is 6.70. The van der Waals surface area contributed by atoms with Crippen molar-refractivity contribution in [3.63, 3.8) is 0 Å². The monoisotopic (exact) mass is 487 g/mol. The number of nitrogens with one attached hydrogen (secondary N) is 1. The molecule has 0 radical (unpaired) electrons. The van der Waals surface area contributed by atoms with Gasteiger partial charge in [-0.1, -0.05) is 48.5 Å². The molecular weight excluding hydrogens is 459 g/mol. The molecule has 0 bridgehead atoms. The second-order valence-corrected chi connectivity index (χ2v) is 8.66. The van der Waals surface area contributed by atoms with Gasteiger partial charge in [0.2, 0.25) is 5.89 Å². The molecule has 2 atom stereocenters. The molecule has 6 nitrogen and oxygen atoms in total. The largest absolute Gasteiger partial charge is 0.447 e. The van der Waals surface area contributed by atoms with Gasteiger partial charge in [-0.25, -0.2) is 4.98 Å². The number of carbonyl (C=O) groups excluding carboxylic acids is 1. The van der Waals surface area contributed by atoms with E-state index in [2.05, 4.69) is 10.3 Å². The second-order valence-electron chi connectivity index (χ2n) is 8.66. The average Bonchev–Trinajstić information content (AvgIpc) is 3.54. The van der Waals surface area contributed by atoms with Gasteiger partial charge in [-0.05, 0) is 37.0 Å².